The van der Waals surface area contributed by atoms with E-state index in [9.17, 15) is 9.59 Å². The van der Waals surface area contributed by atoms with Gasteiger partial charge < -0.3 is 16.4 Å². The van der Waals surface area contributed by atoms with Crippen molar-refractivity contribution in [2.75, 3.05) is 16.4 Å². The minimum absolute atomic E-state index is 0.0622. The Morgan fingerprint density at radius 1 is 1.21 bits per heavy atom. The Morgan fingerprint density at radius 2 is 2.00 bits per heavy atom. The number of nitrogens with one attached hydrogen (secondary N) is 3. The molecule has 2 aliphatic rings. The molecule has 5 N–H and O–H groups in total. The second-order valence-electron chi connectivity index (χ2n) is 7.25. The molecule has 5 rings (SSSR count). The molecule has 1 aromatic carbocycles. The van der Waals surface area contributed by atoms with Gasteiger partial charge in [-0.15, -0.1) is 0 Å². The van der Waals surface area contributed by atoms with Gasteiger partial charge in [-0.1, -0.05) is 0 Å². The van der Waals surface area contributed by atoms with Crippen molar-refractivity contribution in [1.29, 1.82) is 0 Å². The van der Waals surface area contributed by atoms with Crippen molar-refractivity contribution >= 4 is 46.5 Å². The van der Waals surface area contributed by atoms with Crippen LogP contribution in [-0.2, 0) is 9.59 Å². The highest BCUT2D eigenvalue weighted by atomic mass is 16.2. The molecule has 0 atom stereocenters. The first kappa shape index (κ1) is 17.2. The minimum atomic E-state index is -0.373. The van der Waals surface area contributed by atoms with Crippen LogP contribution in [-0.4, -0.2) is 32.5 Å². The van der Waals surface area contributed by atoms with Crippen molar-refractivity contribution in [3.05, 3.63) is 47.7 Å². The Labute approximate surface area is 166 Å². The van der Waals surface area contributed by atoms with Crippen LogP contribution in [0.25, 0.3) is 11.7 Å². The summed E-state index contributed by atoms with van der Waals surface area (Å²) in [7, 11) is 0. The first-order valence-electron chi connectivity index (χ1n) is 9.38. The second kappa shape index (κ2) is 6.62. The molecule has 3 aromatic rings. The molecule has 2 amide bonds. The van der Waals surface area contributed by atoms with E-state index in [1.807, 2.05) is 30.3 Å². The molecule has 2 aromatic heterocycles. The van der Waals surface area contributed by atoms with Crippen LogP contribution in [0.5, 0.6) is 0 Å². The number of nitrogens with zero attached hydrogens (tertiary/aromatic N) is 3. The molecular formula is C20H19N7O2. The maximum atomic E-state index is 11.9. The molecule has 29 heavy (non-hydrogen) atoms. The molecule has 9 heteroatoms. The molecule has 9 nitrogen and oxygen atoms in total. The molecule has 1 aliphatic heterocycles. The summed E-state index contributed by atoms with van der Waals surface area (Å²) in [4.78, 5) is 28.1. The highest BCUT2D eigenvalue weighted by Gasteiger charge is 2.25. The van der Waals surface area contributed by atoms with Gasteiger partial charge in [-0.3, -0.25) is 14.9 Å². The van der Waals surface area contributed by atoms with Crippen molar-refractivity contribution < 1.29 is 9.59 Å². The van der Waals surface area contributed by atoms with Gasteiger partial charge in [-0.25, -0.2) is 4.98 Å². The van der Waals surface area contributed by atoms with Gasteiger partial charge in [0.05, 0.1) is 12.6 Å². The normalized spacial score (nSPS) is 17.7. The van der Waals surface area contributed by atoms with Crippen LogP contribution in [0.4, 0.5) is 23.0 Å². The maximum Gasteiger partial charge on any atom is 0.254 e. The molecule has 1 saturated heterocycles. The zero-order valence-corrected chi connectivity index (χ0v) is 15.5. The van der Waals surface area contributed by atoms with Crippen LogP contribution in [0, 0.1) is 0 Å². The van der Waals surface area contributed by atoms with Gasteiger partial charge in [-0.05, 0) is 43.2 Å². The molecule has 1 saturated carbocycles. The summed E-state index contributed by atoms with van der Waals surface area (Å²) in [6.45, 7) is 0. The van der Waals surface area contributed by atoms with E-state index in [4.69, 9.17) is 5.73 Å². The maximum absolute atomic E-state index is 11.9. The summed E-state index contributed by atoms with van der Waals surface area (Å²) in [5, 5.41) is 13.5. The van der Waals surface area contributed by atoms with Crippen LogP contribution in [0.3, 0.4) is 0 Å². The number of benzene rings is 1. The summed E-state index contributed by atoms with van der Waals surface area (Å²) in [6, 6.07) is 9.71. The zero-order valence-electron chi connectivity index (χ0n) is 15.5. The molecule has 2 fully saturated rings. The number of imide groups is 1. The Hall–Kier alpha value is -3.88. The summed E-state index contributed by atoms with van der Waals surface area (Å²) >= 11 is 0. The Bertz CT molecular complexity index is 1160. The number of hydrogen-bond acceptors (Lipinski definition) is 7. The van der Waals surface area contributed by atoms with E-state index in [-0.39, 0.29) is 18.2 Å². The topological polar surface area (TPSA) is 126 Å². The smallest absolute Gasteiger partial charge is 0.254 e. The fourth-order valence-corrected chi connectivity index (χ4v) is 3.21. The number of fused-ring (bicyclic) bond motifs is 1. The zero-order chi connectivity index (χ0) is 20.0. The predicted octanol–water partition coefficient (Wildman–Crippen LogP) is 2.06. The second-order valence-corrected chi connectivity index (χ2v) is 7.25. The van der Waals surface area contributed by atoms with Crippen LogP contribution in [0.2, 0.25) is 0 Å². The molecule has 0 unspecified atom stereocenters. The van der Waals surface area contributed by atoms with Gasteiger partial charge in [0.15, 0.2) is 5.65 Å². The summed E-state index contributed by atoms with van der Waals surface area (Å²) in [5.74, 6) is 0.777. The van der Waals surface area contributed by atoms with Gasteiger partial charge >= 0.3 is 0 Å². The lowest BCUT2D eigenvalue weighted by Gasteiger charge is -2.12. The number of hydrogen-bond donors (Lipinski definition) is 4. The fraction of sp³-hybridized carbons (Fsp3) is 0.200. The van der Waals surface area contributed by atoms with E-state index < -0.39 is 0 Å². The highest BCUT2D eigenvalue weighted by molar-refractivity contribution is 6.15. The van der Waals surface area contributed by atoms with Gasteiger partial charge in [0.25, 0.3) is 5.91 Å². The minimum Gasteiger partial charge on any atom is -0.399 e. The van der Waals surface area contributed by atoms with Crippen molar-refractivity contribution in [3.8, 4) is 0 Å². The predicted molar refractivity (Wildman–Crippen MR) is 110 cm³/mol. The number of rotatable bonds is 5. The molecular weight excluding hydrogens is 370 g/mol. The average Bonchev–Trinajstić information content (AvgIpc) is 3.33. The fourth-order valence-electron chi connectivity index (χ4n) is 3.21. The third kappa shape index (κ3) is 3.49. The van der Waals surface area contributed by atoms with E-state index in [1.54, 1.807) is 16.8 Å². The van der Waals surface area contributed by atoms with Crippen LogP contribution < -0.4 is 21.7 Å². The molecule has 0 spiro atoms. The number of aromatic nitrogens is 3. The molecule has 1 aliphatic carbocycles. The van der Waals surface area contributed by atoms with Gasteiger partial charge in [0.1, 0.15) is 11.6 Å². The van der Waals surface area contributed by atoms with Crippen molar-refractivity contribution in [1.82, 2.24) is 19.9 Å². The van der Waals surface area contributed by atoms with Gasteiger partial charge in [0, 0.05) is 34.6 Å². The van der Waals surface area contributed by atoms with Crippen molar-refractivity contribution in [2.45, 2.75) is 25.3 Å². The number of amides is 2. The summed E-state index contributed by atoms with van der Waals surface area (Å²) in [6.07, 6.45) is 5.61. The molecule has 0 bridgehead atoms. The quantitative estimate of drug-likeness (QED) is 0.299. The van der Waals surface area contributed by atoms with E-state index in [1.165, 1.54) is 0 Å². The van der Waals surface area contributed by atoms with E-state index in [0.29, 0.717) is 34.3 Å². The number of anilines is 4. The Morgan fingerprint density at radius 3 is 2.69 bits per heavy atom. The number of carbonyl (C=O) groups is 2. The third-order valence-corrected chi connectivity index (χ3v) is 4.84. The Kier molecular flexibility index (Phi) is 3.94. The monoisotopic (exact) mass is 389 g/mol. The average molecular weight is 389 g/mol. The Balaban J connectivity index is 1.56. The van der Waals surface area contributed by atoms with E-state index >= 15 is 0 Å². The number of nitrogen functional groups attached to an aromatic ring is 1. The lowest BCUT2D eigenvalue weighted by Crippen LogP contribution is -2.19. The largest absolute Gasteiger partial charge is 0.399 e. The first-order chi connectivity index (χ1) is 14.0. The van der Waals surface area contributed by atoms with Crippen LogP contribution >= 0.6 is 0 Å². The lowest BCUT2D eigenvalue weighted by atomic mass is 10.1. The van der Waals surface area contributed by atoms with E-state index in [0.717, 1.165) is 24.3 Å². The van der Waals surface area contributed by atoms with E-state index in [2.05, 4.69) is 26.0 Å². The van der Waals surface area contributed by atoms with Crippen molar-refractivity contribution in [2.24, 2.45) is 0 Å². The third-order valence-electron chi connectivity index (χ3n) is 4.84. The van der Waals surface area contributed by atoms with Crippen molar-refractivity contribution in [3.63, 3.8) is 0 Å². The number of nitrogens with two attached hydrogens (primary N) is 1. The van der Waals surface area contributed by atoms with Crippen LogP contribution in [0.15, 0.2) is 42.1 Å². The summed E-state index contributed by atoms with van der Waals surface area (Å²) in [5.41, 5.74) is 8.96. The summed E-state index contributed by atoms with van der Waals surface area (Å²) < 4.78 is 1.72. The lowest BCUT2D eigenvalue weighted by molar-refractivity contribution is -0.124. The first-order valence-corrected chi connectivity index (χ1v) is 9.38. The standard InChI is InChI=1S/C20H19N7O2/c21-13-1-3-14(4-2-13)23-16-9-17(24-15-5-6-15)27-19(25-16)12(10-22-27)7-11-8-18(28)26-20(11)29/h1-4,7,9-10,15,24H,5-6,8,21H2,(H,23,25)(H,26,28,29)/b11-7+. The molecule has 146 valence electrons. The molecule has 3 heterocycles. The number of carbonyl (C=O) groups excluding carboxylic acids is 2. The van der Waals surface area contributed by atoms with Crippen LogP contribution in [0.1, 0.15) is 24.8 Å². The van der Waals surface area contributed by atoms with Gasteiger partial charge in [-0.2, -0.15) is 9.61 Å². The highest BCUT2D eigenvalue weighted by Crippen LogP contribution is 2.29. The molecule has 0 radical (unpaired) electrons. The van der Waals surface area contributed by atoms with Gasteiger partial charge in [0.2, 0.25) is 5.91 Å². The SMILES string of the molecule is Nc1ccc(Nc2cc(NC3CC3)n3ncc(/C=C4\CC(=O)NC4=O)c3n2)cc1.